The Hall–Kier alpha value is -2.41. The minimum Gasteiger partial charge on any atom is -0.486 e. The molecule has 0 aliphatic heterocycles. The average Bonchev–Trinajstić information content (AvgIpc) is 3.34. The van der Waals surface area contributed by atoms with Crippen molar-refractivity contribution in [2.45, 2.75) is 110 Å². The molecular weight excluding hydrogens is 458 g/mol. The smallest absolute Gasteiger partial charge is 0.271 e. The highest BCUT2D eigenvalue weighted by Gasteiger charge is 2.28. The first kappa shape index (κ1) is 27.2. The lowest BCUT2D eigenvalue weighted by molar-refractivity contribution is -0.122. The van der Waals surface area contributed by atoms with Crippen molar-refractivity contribution in [2.24, 2.45) is 0 Å². The summed E-state index contributed by atoms with van der Waals surface area (Å²) in [7, 11) is 0. The third-order valence-electron chi connectivity index (χ3n) is 6.60. The molecule has 2 N–H and O–H groups in total. The van der Waals surface area contributed by atoms with Gasteiger partial charge in [-0.1, -0.05) is 76.0 Å². The third kappa shape index (κ3) is 9.63. The molecule has 1 aliphatic rings. The number of nitrogens with one attached hydrogen (secondary N) is 2. The second-order valence-electron chi connectivity index (χ2n) is 9.64. The molecule has 1 heterocycles. The number of hydrogen-bond donors (Lipinski definition) is 2. The molecule has 7 heteroatoms. The molecule has 192 valence electrons. The minimum atomic E-state index is -0.180. The maximum absolute atomic E-state index is 12.9. The van der Waals surface area contributed by atoms with Crippen molar-refractivity contribution in [3.63, 3.8) is 0 Å². The molecule has 2 amide bonds. The van der Waals surface area contributed by atoms with Crippen molar-refractivity contribution >= 4 is 23.2 Å². The molecule has 0 unspecified atom stereocenters. The molecule has 3 rings (SSSR count). The first-order chi connectivity index (χ1) is 17.0. The van der Waals surface area contributed by atoms with Gasteiger partial charge in [-0.25, -0.2) is 4.98 Å². The molecule has 0 radical (unpaired) electrons. The van der Waals surface area contributed by atoms with Crippen molar-refractivity contribution in [3.8, 4) is 5.75 Å². The molecule has 1 aromatic heterocycles. The normalized spacial score (nSPS) is 17.7. The fourth-order valence-corrected chi connectivity index (χ4v) is 5.19. The van der Waals surface area contributed by atoms with Crippen LogP contribution in [0.25, 0.3) is 0 Å². The number of aryl methyl sites for hydroxylation is 1. The van der Waals surface area contributed by atoms with Crippen LogP contribution < -0.4 is 15.4 Å². The predicted octanol–water partition coefficient (Wildman–Crippen LogP) is 6.33. The van der Waals surface area contributed by atoms with Crippen LogP contribution in [0.2, 0.25) is 0 Å². The Morgan fingerprint density at radius 1 is 0.971 bits per heavy atom. The lowest BCUT2D eigenvalue weighted by atomic mass is 9.90. The van der Waals surface area contributed by atoms with E-state index in [9.17, 15) is 9.59 Å². The van der Waals surface area contributed by atoms with Crippen LogP contribution in [0.3, 0.4) is 0 Å². The van der Waals surface area contributed by atoms with Gasteiger partial charge in [0.1, 0.15) is 23.1 Å². The number of aromatic nitrogens is 1. The number of benzene rings is 1. The van der Waals surface area contributed by atoms with Crippen molar-refractivity contribution in [1.29, 1.82) is 0 Å². The zero-order chi connectivity index (χ0) is 24.9. The van der Waals surface area contributed by atoms with Crippen LogP contribution in [-0.4, -0.2) is 28.9 Å². The first-order valence-corrected chi connectivity index (χ1v) is 14.2. The summed E-state index contributed by atoms with van der Waals surface area (Å²) in [5, 5.41) is 8.86. The Labute approximate surface area is 214 Å². The van der Waals surface area contributed by atoms with Gasteiger partial charge in [0.15, 0.2) is 0 Å². The summed E-state index contributed by atoms with van der Waals surface area (Å²) in [5.41, 5.74) is 1.59. The van der Waals surface area contributed by atoms with Crippen molar-refractivity contribution in [2.75, 3.05) is 0 Å². The van der Waals surface area contributed by atoms with Gasteiger partial charge in [-0.05, 0) is 38.3 Å². The highest BCUT2D eigenvalue weighted by atomic mass is 32.1. The van der Waals surface area contributed by atoms with E-state index in [0.717, 1.165) is 49.3 Å². The molecule has 35 heavy (non-hydrogen) atoms. The monoisotopic (exact) mass is 499 g/mol. The predicted molar refractivity (Wildman–Crippen MR) is 142 cm³/mol. The lowest BCUT2D eigenvalue weighted by Crippen LogP contribution is -2.53. The van der Waals surface area contributed by atoms with Crippen LogP contribution in [0, 0.1) is 6.92 Å². The fourth-order valence-electron chi connectivity index (χ4n) is 4.50. The number of rotatable bonds is 14. The van der Waals surface area contributed by atoms with E-state index in [1.54, 1.807) is 5.38 Å². The van der Waals surface area contributed by atoms with Crippen molar-refractivity contribution in [3.05, 3.63) is 45.9 Å². The van der Waals surface area contributed by atoms with E-state index in [2.05, 4.69) is 22.5 Å². The Morgan fingerprint density at radius 2 is 1.63 bits per heavy atom. The fraction of sp³-hybridized carbons (Fsp3) is 0.607. The Balaban J connectivity index is 1.41. The van der Waals surface area contributed by atoms with Crippen LogP contribution in [0.4, 0.5) is 0 Å². The summed E-state index contributed by atoms with van der Waals surface area (Å²) >= 11 is 1.42. The number of amides is 2. The average molecular weight is 500 g/mol. The third-order valence-corrected chi connectivity index (χ3v) is 7.43. The zero-order valence-electron chi connectivity index (χ0n) is 21.3. The maximum atomic E-state index is 12.9. The van der Waals surface area contributed by atoms with Gasteiger partial charge in [0.05, 0.1) is 0 Å². The molecule has 2 atom stereocenters. The number of nitrogens with zero attached hydrogens (tertiary/aromatic N) is 1. The van der Waals surface area contributed by atoms with Crippen LogP contribution in [-0.2, 0) is 11.4 Å². The highest BCUT2D eigenvalue weighted by Crippen LogP contribution is 2.21. The van der Waals surface area contributed by atoms with Gasteiger partial charge >= 0.3 is 0 Å². The molecule has 1 fully saturated rings. The minimum absolute atomic E-state index is 0.00673. The van der Waals surface area contributed by atoms with E-state index in [1.165, 1.54) is 49.0 Å². The van der Waals surface area contributed by atoms with Crippen LogP contribution in [0.1, 0.15) is 105 Å². The molecular formula is C28H41N3O3S. The van der Waals surface area contributed by atoms with E-state index in [-0.39, 0.29) is 23.9 Å². The SMILES string of the molecule is CCCCCCCCCC(=O)N[C@@H]1CCCC[C@@H]1NC(=O)c1csc(COc2ccc(C)cc2)n1. The van der Waals surface area contributed by atoms with Gasteiger partial charge in [0.25, 0.3) is 5.91 Å². The largest absolute Gasteiger partial charge is 0.486 e. The van der Waals surface area contributed by atoms with Gasteiger partial charge in [-0.15, -0.1) is 11.3 Å². The van der Waals surface area contributed by atoms with E-state index < -0.39 is 0 Å². The van der Waals surface area contributed by atoms with Gasteiger partial charge < -0.3 is 15.4 Å². The Bertz CT molecular complexity index is 912. The van der Waals surface area contributed by atoms with Crippen LogP contribution in [0.15, 0.2) is 29.6 Å². The summed E-state index contributed by atoms with van der Waals surface area (Å²) in [6.07, 6.45) is 12.9. The zero-order valence-corrected chi connectivity index (χ0v) is 22.1. The molecule has 1 aromatic carbocycles. The second-order valence-corrected chi connectivity index (χ2v) is 10.6. The van der Waals surface area contributed by atoms with Crippen molar-refractivity contribution in [1.82, 2.24) is 15.6 Å². The van der Waals surface area contributed by atoms with Crippen LogP contribution in [0.5, 0.6) is 5.75 Å². The highest BCUT2D eigenvalue weighted by molar-refractivity contribution is 7.09. The van der Waals surface area contributed by atoms with Gasteiger partial charge in [0.2, 0.25) is 5.91 Å². The summed E-state index contributed by atoms with van der Waals surface area (Å²) in [6, 6.07) is 7.81. The molecule has 1 saturated carbocycles. The molecule has 6 nitrogen and oxygen atoms in total. The van der Waals surface area contributed by atoms with Gasteiger partial charge in [-0.2, -0.15) is 0 Å². The number of carbonyl (C=O) groups is 2. The lowest BCUT2D eigenvalue weighted by Gasteiger charge is -2.32. The van der Waals surface area contributed by atoms with Gasteiger partial charge in [0, 0.05) is 23.9 Å². The number of unbranched alkanes of at least 4 members (excludes halogenated alkanes) is 6. The molecule has 0 bridgehead atoms. The molecule has 0 spiro atoms. The Morgan fingerprint density at radius 3 is 2.34 bits per heavy atom. The summed E-state index contributed by atoms with van der Waals surface area (Å²) in [6.45, 7) is 4.60. The summed E-state index contributed by atoms with van der Waals surface area (Å²) < 4.78 is 5.78. The topological polar surface area (TPSA) is 80.3 Å². The van der Waals surface area contributed by atoms with E-state index >= 15 is 0 Å². The molecule has 1 aliphatic carbocycles. The van der Waals surface area contributed by atoms with Crippen LogP contribution >= 0.6 is 11.3 Å². The number of carbonyl (C=O) groups excluding carboxylic acids is 2. The van der Waals surface area contributed by atoms with Gasteiger partial charge in [-0.3, -0.25) is 9.59 Å². The van der Waals surface area contributed by atoms with Crippen molar-refractivity contribution < 1.29 is 14.3 Å². The molecule has 0 saturated heterocycles. The standard InChI is InChI=1S/C28H41N3O3S/c1-3-4-5-6-7-8-9-14-26(32)29-23-12-10-11-13-24(23)31-28(33)25-20-35-27(30-25)19-34-22-17-15-21(2)16-18-22/h15-18,20,23-24H,3-14,19H2,1-2H3,(H,29,32)(H,31,33)/t23-,24+/m1/s1. The quantitative estimate of drug-likeness (QED) is 0.298. The second kappa shape index (κ2) is 14.9. The Kier molecular flexibility index (Phi) is 11.5. The summed E-state index contributed by atoms with van der Waals surface area (Å²) in [5.74, 6) is 0.712. The van der Waals surface area contributed by atoms with E-state index in [1.807, 2.05) is 31.2 Å². The number of hydrogen-bond acceptors (Lipinski definition) is 5. The first-order valence-electron chi connectivity index (χ1n) is 13.3. The number of ether oxygens (including phenoxy) is 1. The van der Waals surface area contributed by atoms with E-state index in [4.69, 9.17) is 4.74 Å². The number of thiazole rings is 1. The maximum Gasteiger partial charge on any atom is 0.271 e. The summed E-state index contributed by atoms with van der Waals surface area (Å²) in [4.78, 5) is 29.8. The molecule has 2 aromatic rings. The van der Waals surface area contributed by atoms with E-state index in [0.29, 0.717) is 18.7 Å².